The second-order valence-corrected chi connectivity index (χ2v) is 3.24. The minimum absolute atomic E-state index is 0.125. The molecule has 0 spiro atoms. The molecule has 1 aliphatic heterocycles. The summed E-state index contributed by atoms with van der Waals surface area (Å²) in [5, 5.41) is 12.6. The van der Waals surface area contributed by atoms with Gasteiger partial charge in [-0.25, -0.2) is 0 Å². The summed E-state index contributed by atoms with van der Waals surface area (Å²) in [6.45, 7) is 3.97. The zero-order valence-corrected chi connectivity index (χ0v) is 6.64. The number of β-amino-alcohol motifs (C(OH)–C–C–N with tert-alkyl or cyclic N) is 1. The number of aliphatic hydroxyl groups excluding tert-OH is 1. The summed E-state index contributed by atoms with van der Waals surface area (Å²) in [5.41, 5.74) is 0. The van der Waals surface area contributed by atoms with Gasteiger partial charge in [0.15, 0.2) is 0 Å². The van der Waals surface area contributed by atoms with Gasteiger partial charge in [0.1, 0.15) is 0 Å². The van der Waals surface area contributed by atoms with Gasteiger partial charge < -0.3 is 10.4 Å². The summed E-state index contributed by atoms with van der Waals surface area (Å²) < 4.78 is 0. The Bertz CT molecular complexity index is 83.3. The maximum atomic E-state index is 9.42. The number of hydrogen-bond donors (Lipinski definition) is 2. The molecule has 1 aliphatic rings. The summed E-state index contributed by atoms with van der Waals surface area (Å²) in [7, 11) is 0. The Labute approximate surface area is 62.6 Å². The molecule has 0 bridgehead atoms. The Morgan fingerprint density at radius 1 is 1.40 bits per heavy atom. The van der Waals surface area contributed by atoms with Crippen LogP contribution in [0.1, 0.15) is 26.2 Å². The minimum Gasteiger partial charge on any atom is -0.392 e. The highest BCUT2D eigenvalue weighted by Gasteiger charge is 2.14. The lowest BCUT2D eigenvalue weighted by Crippen LogP contribution is -2.34. The molecule has 0 aliphatic carbocycles. The van der Waals surface area contributed by atoms with E-state index in [4.69, 9.17) is 0 Å². The van der Waals surface area contributed by atoms with Crippen molar-refractivity contribution < 1.29 is 5.11 Å². The molecule has 10 heavy (non-hydrogen) atoms. The molecular formula is C8H17NO. The van der Waals surface area contributed by atoms with Gasteiger partial charge in [0.25, 0.3) is 0 Å². The largest absolute Gasteiger partial charge is 0.392 e. The van der Waals surface area contributed by atoms with Crippen molar-refractivity contribution >= 4 is 0 Å². The molecule has 2 heteroatoms. The molecule has 0 radical (unpaired) electrons. The molecule has 0 aromatic heterocycles. The van der Waals surface area contributed by atoms with E-state index < -0.39 is 0 Å². The van der Waals surface area contributed by atoms with Gasteiger partial charge >= 0.3 is 0 Å². The molecule has 1 saturated heterocycles. The second-order valence-electron chi connectivity index (χ2n) is 3.24. The van der Waals surface area contributed by atoms with E-state index in [0.717, 1.165) is 13.1 Å². The van der Waals surface area contributed by atoms with Crippen LogP contribution in [0.5, 0.6) is 0 Å². The van der Waals surface area contributed by atoms with E-state index in [2.05, 4.69) is 12.2 Å². The second kappa shape index (κ2) is 3.94. The van der Waals surface area contributed by atoms with Gasteiger partial charge in [-0.2, -0.15) is 0 Å². The minimum atomic E-state index is -0.125. The molecule has 2 N–H and O–H groups in total. The van der Waals surface area contributed by atoms with E-state index in [1.807, 2.05) is 0 Å². The van der Waals surface area contributed by atoms with Crippen molar-refractivity contribution in [2.45, 2.75) is 32.3 Å². The summed E-state index contributed by atoms with van der Waals surface area (Å²) in [5.74, 6) is 0.479. The first-order valence-electron chi connectivity index (χ1n) is 4.19. The van der Waals surface area contributed by atoms with Crippen LogP contribution in [0.15, 0.2) is 0 Å². The summed E-state index contributed by atoms with van der Waals surface area (Å²) >= 11 is 0. The van der Waals surface area contributed by atoms with Gasteiger partial charge in [0, 0.05) is 6.54 Å². The number of aliphatic hydroxyl groups is 1. The normalized spacial score (nSPS) is 36.6. The van der Waals surface area contributed by atoms with Gasteiger partial charge in [-0.05, 0) is 25.3 Å². The summed E-state index contributed by atoms with van der Waals surface area (Å²) in [4.78, 5) is 0. The highest BCUT2D eigenvalue weighted by Crippen LogP contribution is 2.13. The van der Waals surface area contributed by atoms with Crippen LogP contribution >= 0.6 is 0 Å². The maximum absolute atomic E-state index is 9.42. The molecule has 2 atom stereocenters. The molecule has 1 rings (SSSR count). The van der Waals surface area contributed by atoms with E-state index in [1.54, 1.807) is 0 Å². The molecule has 1 heterocycles. The van der Waals surface area contributed by atoms with Crippen LogP contribution in [0, 0.1) is 5.92 Å². The van der Waals surface area contributed by atoms with Crippen LogP contribution in [0.2, 0.25) is 0 Å². The van der Waals surface area contributed by atoms with E-state index in [9.17, 15) is 5.11 Å². The monoisotopic (exact) mass is 143 g/mol. The molecule has 2 unspecified atom stereocenters. The lowest BCUT2D eigenvalue weighted by Gasteiger charge is -2.21. The van der Waals surface area contributed by atoms with Crippen LogP contribution in [-0.2, 0) is 0 Å². The molecule has 1 fully saturated rings. The Hall–Kier alpha value is -0.0800. The van der Waals surface area contributed by atoms with Gasteiger partial charge in [-0.1, -0.05) is 13.3 Å². The maximum Gasteiger partial charge on any atom is 0.0690 e. The number of rotatable bonds is 0. The number of nitrogens with one attached hydrogen (secondary N) is 1. The zero-order chi connectivity index (χ0) is 7.40. The Morgan fingerprint density at radius 3 is 3.00 bits per heavy atom. The highest BCUT2D eigenvalue weighted by atomic mass is 16.3. The predicted molar refractivity (Wildman–Crippen MR) is 41.9 cm³/mol. The summed E-state index contributed by atoms with van der Waals surface area (Å²) in [6.07, 6.45) is 3.57. The fourth-order valence-corrected chi connectivity index (χ4v) is 1.36. The zero-order valence-electron chi connectivity index (χ0n) is 6.64. The van der Waals surface area contributed by atoms with Gasteiger partial charge in [-0.15, -0.1) is 0 Å². The van der Waals surface area contributed by atoms with E-state index >= 15 is 0 Å². The van der Waals surface area contributed by atoms with Gasteiger partial charge in [0.05, 0.1) is 6.10 Å². The lowest BCUT2D eigenvalue weighted by molar-refractivity contribution is 0.103. The Morgan fingerprint density at radius 2 is 2.20 bits per heavy atom. The molecular weight excluding hydrogens is 126 g/mol. The van der Waals surface area contributed by atoms with Crippen LogP contribution in [0.25, 0.3) is 0 Å². The van der Waals surface area contributed by atoms with Crippen molar-refractivity contribution in [2.75, 3.05) is 13.1 Å². The smallest absolute Gasteiger partial charge is 0.0690 e. The SMILES string of the molecule is CC1CCCCNCC1O. The first-order chi connectivity index (χ1) is 4.80. The Balaban J connectivity index is 2.28. The third-order valence-electron chi connectivity index (χ3n) is 2.27. The highest BCUT2D eigenvalue weighted by molar-refractivity contribution is 4.69. The molecule has 0 saturated carbocycles. The standard InChI is InChI=1S/C8H17NO/c1-7-4-2-3-5-9-6-8(7)10/h7-10H,2-6H2,1H3. The lowest BCUT2D eigenvalue weighted by atomic mass is 9.96. The molecule has 0 amide bonds. The van der Waals surface area contributed by atoms with Crippen LogP contribution < -0.4 is 5.32 Å². The average molecular weight is 143 g/mol. The van der Waals surface area contributed by atoms with Crippen molar-refractivity contribution in [3.63, 3.8) is 0 Å². The first kappa shape index (κ1) is 8.02. The molecule has 0 aromatic rings. The number of hydrogen-bond acceptors (Lipinski definition) is 2. The fraction of sp³-hybridized carbons (Fsp3) is 1.00. The van der Waals surface area contributed by atoms with Crippen LogP contribution in [-0.4, -0.2) is 24.3 Å². The molecule has 0 aromatic carbocycles. The Kier molecular flexibility index (Phi) is 3.16. The third-order valence-corrected chi connectivity index (χ3v) is 2.27. The topological polar surface area (TPSA) is 32.3 Å². The average Bonchev–Trinajstić information content (AvgIpc) is 1.92. The fourth-order valence-electron chi connectivity index (χ4n) is 1.36. The molecule has 60 valence electrons. The van der Waals surface area contributed by atoms with Crippen molar-refractivity contribution in [3.05, 3.63) is 0 Å². The first-order valence-corrected chi connectivity index (χ1v) is 4.19. The predicted octanol–water partition coefficient (Wildman–Crippen LogP) is 0.757. The molecule has 2 nitrogen and oxygen atoms in total. The third kappa shape index (κ3) is 2.27. The quantitative estimate of drug-likeness (QED) is 0.524. The van der Waals surface area contributed by atoms with Crippen molar-refractivity contribution in [2.24, 2.45) is 5.92 Å². The van der Waals surface area contributed by atoms with E-state index in [-0.39, 0.29) is 6.10 Å². The van der Waals surface area contributed by atoms with Gasteiger partial charge in [-0.3, -0.25) is 0 Å². The van der Waals surface area contributed by atoms with Crippen LogP contribution in [0.3, 0.4) is 0 Å². The van der Waals surface area contributed by atoms with Crippen molar-refractivity contribution in [1.82, 2.24) is 5.32 Å². The van der Waals surface area contributed by atoms with Crippen LogP contribution in [0.4, 0.5) is 0 Å². The summed E-state index contributed by atoms with van der Waals surface area (Å²) in [6, 6.07) is 0. The van der Waals surface area contributed by atoms with Crippen molar-refractivity contribution in [1.29, 1.82) is 0 Å². The van der Waals surface area contributed by atoms with Gasteiger partial charge in [0.2, 0.25) is 0 Å². The van der Waals surface area contributed by atoms with E-state index in [1.165, 1.54) is 19.3 Å². The van der Waals surface area contributed by atoms with E-state index in [0.29, 0.717) is 5.92 Å². The van der Waals surface area contributed by atoms with Crippen molar-refractivity contribution in [3.8, 4) is 0 Å².